The van der Waals surface area contributed by atoms with Crippen LogP contribution in [0.4, 0.5) is 0 Å². The minimum absolute atomic E-state index is 0.128. The first-order chi connectivity index (χ1) is 8.14. The van der Waals surface area contributed by atoms with Crippen molar-refractivity contribution in [1.82, 2.24) is 0 Å². The highest BCUT2D eigenvalue weighted by molar-refractivity contribution is 5.31. The molecule has 2 heteroatoms. The van der Waals surface area contributed by atoms with Gasteiger partial charge in [-0.25, -0.2) is 0 Å². The van der Waals surface area contributed by atoms with Crippen LogP contribution in [0.2, 0.25) is 0 Å². The minimum Gasteiger partial charge on any atom is -0.497 e. The Kier molecular flexibility index (Phi) is 3.72. The smallest absolute Gasteiger partial charge is 0.118 e. The van der Waals surface area contributed by atoms with Gasteiger partial charge in [-0.15, -0.1) is 0 Å². The molecule has 1 aromatic carbocycles. The molecule has 2 nitrogen and oxygen atoms in total. The molecule has 2 unspecified atom stereocenters. The van der Waals surface area contributed by atoms with Crippen molar-refractivity contribution in [2.24, 2.45) is 11.7 Å². The lowest BCUT2D eigenvalue weighted by atomic mass is 9.83. The van der Waals surface area contributed by atoms with Crippen molar-refractivity contribution in [1.29, 1.82) is 0 Å². The van der Waals surface area contributed by atoms with Crippen LogP contribution in [-0.2, 0) is 5.54 Å². The van der Waals surface area contributed by atoms with Crippen molar-refractivity contribution in [3.8, 4) is 5.75 Å². The summed E-state index contributed by atoms with van der Waals surface area (Å²) >= 11 is 0. The predicted octanol–water partition coefficient (Wildman–Crippen LogP) is 3.45. The Morgan fingerprint density at radius 1 is 1.18 bits per heavy atom. The number of rotatable bonds is 2. The van der Waals surface area contributed by atoms with E-state index in [0.29, 0.717) is 0 Å². The van der Waals surface area contributed by atoms with E-state index in [1.807, 2.05) is 12.1 Å². The zero-order valence-electron chi connectivity index (χ0n) is 10.9. The second-order valence-electron chi connectivity index (χ2n) is 5.42. The summed E-state index contributed by atoms with van der Waals surface area (Å²) in [5, 5.41) is 0. The Morgan fingerprint density at radius 3 is 2.53 bits per heavy atom. The van der Waals surface area contributed by atoms with E-state index in [0.717, 1.165) is 24.5 Å². The van der Waals surface area contributed by atoms with Crippen molar-refractivity contribution in [2.45, 2.75) is 44.6 Å². The van der Waals surface area contributed by atoms with Crippen LogP contribution < -0.4 is 10.5 Å². The van der Waals surface area contributed by atoms with Crippen LogP contribution in [0.15, 0.2) is 24.3 Å². The van der Waals surface area contributed by atoms with Gasteiger partial charge in [0.05, 0.1) is 7.11 Å². The first kappa shape index (κ1) is 12.4. The normalized spacial score (nSPS) is 29.7. The highest BCUT2D eigenvalue weighted by Crippen LogP contribution is 2.36. The van der Waals surface area contributed by atoms with Crippen LogP contribution in [0.25, 0.3) is 0 Å². The molecule has 1 saturated carbocycles. The van der Waals surface area contributed by atoms with Crippen LogP contribution in [0.5, 0.6) is 5.75 Å². The van der Waals surface area contributed by atoms with Gasteiger partial charge in [-0.2, -0.15) is 0 Å². The van der Waals surface area contributed by atoms with Crippen molar-refractivity contribution in [3.63, 3.8) is 0 Å². The number of hydrogen-bond acceptors (Lipinski definition) is 2. The number of hydrogen-bond donors (Lipinski definition) is 1. The van der Waals surface area contributed by atoms with Crippen LogP contribution in [0.1, 0.15) is 44.6 Å². The monoisotopic (exact) mass is 233 g/mol. The van der Waals surface area contributed by atoms with E-state index >= 15 is 0 Å². The van der Waals surface area contributed by atoms with E-state index in [1.165, 1.54) is 24.8 Å². The number of ether oxygens (including phenoxy) is 1. The lowest BCUT2D eigenvalue weighted by Crippen LogP contribution is -2.36. The summed E-state index contributed by atoms with van der Waals surface area (Å²) in [7, 11) is 1.69. The van der Waals surface area contributed by atoms with Gasteiger partial charge in [-0.1, -0.05) is 31.9 Å². The summed E-state index contributed by atoms with van der Waals surface area (Å²) in [6.07, 6.45) is 5.99. The Morgan fingerprint density at radius 2 is 1.88 bits per heavy atom. The van der Waals surface area contributed by atoms with Gasteiger partial charge in [0.1, 0.15) is 5.75 Å². The average Bonchev–Trinajstić information content (AvgIpc) is 2.53. The largest absolute Gasteiger partial charge is 0.497 e. The molecule has 1 fully saturated rings. The molecule has 0 aliphatic heterocycles. The van der Waals surface area contributed by atoms with E-state index in [-0.39, 0.29) is 5.54 Å². The van der Waals surface area contributed by atoms with Crippen molar-refractivity contribution < 1.29 is 4.74 Å². The molecule has 0 bridgehead atoms. The fourth-order valence-corrected chi connectivity index (χ4v) is 2.75. The van der Waals surface area contributed by atoms with Crippen LogP contribution in [-0.4, -0.2) is 7.11 Å². The molecule has 1 aliphatic rings. The standard InChI is InChI=1S/C15H23NO/c1-12-4-3-10-15(16,11-9-12)13-5-7-14(17-2)8-6-13/h5-8,12H,3-4,9-11,16H2,1-2H3. The van der Waals surface area contributed by atoms with Gasteiger partial charge in [0.2, 0.25) is 0 Å². The number of methoxy groups -OCH3 is 1. The quantitative estimate of drug-likeness (QED) is 0.794. The maximum atomic E-state index is 6.59. The summed E-state index contributed by atoms with van der Waals surface area (Å²) < 4.78 is 5.19. The van der Waals surface area contributed by atoms with Gasteiger partial charge in [0.25, 0.3) is 0 Å². The molecule has 1 aliphatic carbocycles. The Balaban J connectivity index is 2.17. The highest BCUT2D eigenvalue weighted by atomic mass is 16.5. The first-order valence-electron chi connectivity index (χ1n) is 6.57. The summed E-state index contributed by atoms with van der Waals surface area (Å²) in [6.45, 7) is 2.33. The third kappa shape index (κ3) is 2.81. The molecule has 0 heterocycles. The third-order valence-corrected chi connectivity index (χ3v) is 4.07. The lowest BCUT2D eigenvalue weighted by Gasteiger charge is -2.29. The Hall–Kier alpha value is -1.02. The summed E-state index contributed by atoms with van der Waals surface area (Å²) in [4.78, 5) is 0. The summed E-state index contributed by atoms with van der Waals surface area (Å²) in [5.41, 5.74) is 7.72. The van der Waals surface area contributed by atoms with Crippen LogP contribution >= 0.6 is 0 Å². The molecule has 0 radical (unpaired) electrons. The fourth-order valence-electron chi connectivity index (χ4n) is 2.75. The molecular weight excluding hydrogens is 210 g/mol. The van der Waals surface area contributed by atoms with E-state index in [9.17, 15) is 0 Å². The molecule has 2 N–H and O–H groups in total. The van der Waals surface area contributed by atoms with Gasteiger partial charge in [-0.05, 0) is 42.9 Å². The topological polar surface area (TPSA) is 35.2 Å². The van der Waals surface area contributed by atoms with Gasteiger partial charge in [0.15, 0.2) is 0 Å². The van der Waals surface area contributed by atoms with Gasteiger partial charge in [0, 0.05) is 5.54 Å². The summed E-state index contributed by atoms with van der Waals surface area (Å²) in [5.74, 6) is 1.72. The van der Waals surface area contributed by atoms with Gasteiger partial charge in [-0.3, -0.25) is 0 Å². The number of nitrogens with two attached hydrogens (primary N) is 1. The second kappa shape index (κ2) is 5.09. The maximum absolute atomic E-state index is 6.59. The van der Waals surface area contributed by atoms with Crippen LogP contribution in [0.3, 0.4) is 0 Å². The van der Waals surface area contributed by atoms with Gasteiger partial charge < -0.3 is 10.5 Å². The number of benzene rings is 1. The predicted molar refractivity (Wildman–Crippen MR) is 71.1 cm³/mol. The SMILES string of the molecule is COc1ccc(C2(N)CCCC(C)CC2)cc1. The van der Waals surface area contributed by atoms with E-state index in [2.05, 4.69) is 19.1 Å². The van der Waals surface area contributed by atoms with Crippen molar-refractivity contribution >= 4 is 0 Å². The maximum Gasteiger partial charge on any atom is 0.118 e. The summed E-state index contributed by atoms with van der Waals surface area (Å²) in [6, 6.07) is 8.26. The molecule has 2 atom stereocenters. The Bertz CT molecular complexity index is 360. The molecular formula is C15H23NO. The molecule has 0 saturated heterocycles. The minimum atomic E-state index is -0.128. The zero-order valence-corrected chi connectivity index (χ0v) is 10.9. The van der Waals surface area contributed by atoms with Crippen molar-refractivity contribution in [3.05, 3.63) is 29.8 Å². The zero-order chi connectivity index (χ0) is 12.3. The van der Waals surface area contributed by atoms with Crippen molar-refractivity contribution in [2.75, 3.05) is 7.11 Å². The lowest BCUT2D eigenvalue weighted by molar-refractivity contribution is 0.376. The van der Waals surface area contributed by atoms with Crippen LogP contribution in [0, 0.1) is 5.92 Å². The van der Waals surface area contributed by atoms with E-state index in [4.69, 9.17) is 10.5 Å². The van der Waals surface area contributed by atoms with E-state index < -0.39 is 0 Å². The molecule has 17 heavy (non-hydrogen) atoms. The second-order valence-corrected chi connectivity index (χ2v) is 5.42. The average molecular weight is 233 g/mol. The highest BCUT2D eigenvalue weighted by Gasteiger charge is 2.29. The molecule has 0 amide bonds. The van der Waals surface area contributed by atoms with Gasteiger partial charge >= 0.3 is 0 Å². The van der Waals surface area contributed by atoms with E-state index in [1.54, 1.807) is 7.11 Å². The molecule has 94 valence electrons. The molecule has 0 spiro atoms. The first-order valence-corrected chi connectivity index (χ1v) is 6.57. The fraction of sp³-hybridized carbons (Fsp3) is 0.600. The third-order valence-electron chi connectivity index (χ3n) is 4.07. The molecule has 1 aromatic rings. The molecule has 2 rings (SSSR count). The molecule has 0 aromatic heterocycles. The Labute approximate surface area is 104 Å².